The van der Waals surface area contributed by atoms with Crippen LogP contribution in [0.3, 0.4) is 0 Å². The van der Waals surface area contributed by atoms with Gasteiger partial charge in [-0.1, -0.05) is 0 Å². The van der Waals surface area contributed by atoms with Crippen LogP contribution in [0.2, 0.25) is 0 Å². The summed E-state index contributed by atoms with van der Waals surface area (Å²) < 4.78 is 36.4. The first-order valence-electron chi connectivity index (χ1n) is 5.36. The fourth-order valence-corrected chi connectivity index (χ4v) is 2.01. The standard InChI is InChI=1S/C10H17F3N2O/c1-7-8(4-3-5-14-7)9(16)15(2)6-10(11,12)13/h7-8,14H,3-6H2,1-2H3. The second-order valence-electron chi connectivity index (χ2n) is 4.30. The summed E-state index contributed by atoms with van der Waals surface area (Å²) in [6.45, 7) is 1.49. The lowest BCUT2D eigenvalue weighted by atomic mass is 9.91. The minimum absolute atomic E-state index is 0.0445. The number of nitrogens with zero attached hydrogens (tertiary/aromatic N) is 1. The van der Waals surface area contributed by atoms with Crippen molar-refractivity contribution >= 4 is 5.91 Å². The highest BCUT2D eigenvalue weighted by Crippen LogP contribution is 2.21. The SMILES string of the molecule is CC1NCCCC1C(=O)N(C)CC(F)(F)F. The summed E-state index contributed by atoms with van der Waals surface area (Å²) in [5.41, 5.74) is 0. The summed E-state index contributed by atoms with van der Waals surface area (Å²) >= 11 is 0. The molecular weight excluding hydrogens is 221 g/mol. The molecule has 1 fully saturated rings. The second-order valence-corrected chi connectivity index (χ2v) is 4.30. The molecule has 0 aliphatic carbocycles. The van der Waals surface area contributed by atoms with Crippen LogP contribution in [0, 0.1) is 5.92 Å². The molecule has 1 rings (SSSR count). The van der Waals surface area contributed by atoms with Crippen LogP contribution < -0.4 is 5.32 Å². The normalized spacial score (nSPS) is 26.6. The molecule has 2 unspecified atom stereocenters. The molecule has 0 aromatic rings. The van der Waals surface area contributed by atoms with Gasteiger partial charge in [0.05, 0.1) is 5.92 Å². The van der Waals surface area contributed by atoms with E-state index in [1.807, 2.05) is 6.92 Å². The summed E-state index contributed by atoms with van der Waals surface area (Å²) in [6, 6.07) is -0.0445. The van der Waals surface area contributed by atoms with Crippen LogP contribution in [-0.2, 0) is 4.79 Å². The minimum Gasteiger partial charge on any atom is -0.336 e. The predicted octanol–water partition coefficient (Wildman–Crippen LogP) is 1.40. The number of hydrogen-bond acceptors (Lipinski definition) is 2. The number of amides is 1. The zero-order valence-electron chi connectivity index (χ0n) is 9.47. The summed E-state index contributed by atoms with van der Waals surface area (Å²) in [5, 5.41) is 3.10. The van der Waals surface area contributed by atoms with Crippen molar-refractivity contribution in [2.24, 2.45) is 5.92 Å². The molecule has 1 amide bonds. The molecule has 0 spiro atoms. The highest BCUT2D eigenvalue weighted by atomic mass is 19.4. The maximum absolute atomic E-state index is 12.1. The smallest absolute Gasteiger partial charge is 0.336 e. The zero-order chi connectivity index (χ0) is 12.3. The lowest BCUT2D eigenvalue weighted by Gasteiger charge is -2.32. The van der Waals surface area contributed by atoms with Crippen molar-refractivity contribution in [3.63, 3.8) is 0 Å². The molecule has 1 aliphatic heterocycles. The number of piperidine rings is 1. The Morgan fingerprint density at radius 3 is 2.62 bits per heavy atom. The van der Waals surface area contributed by atoms with Crippen LogP contribution in [0.1, 0.15) is 19.8 Å². The average Bonchev–Trinajstić information content (AvgIpc) is 2.15. The zero-order valence-corrected chi connectivity index (χ0v) is 9.47. The Labute approximate surface area is 93.0 Å². The summed E-state index contributed by atoms with van der Waals surface area (Å²) in [4.78, 5) is 12.5. The summed E-state index contributed by atoms with van der Waals surface area (Å²) in [5.74, 6) is -0.752. The van der Waals surface area contributed by atoms with Crippen molar-refractivity contribution in [3.8, 4) is 0 Å². The molecule has 0 aromatic heterocycles. The molecule has 0 bridgehead atoms. The van der Waals surface area contributed by atoms with Crippen LogP contribution >= 0.6 is 0 Å². The lowest BCUT2D eigenvalue weighted by molar-refractivity contribution is -0.161. The first-order valence-corrected chi connectivity index (χ1v) is 5.36. The third-order valence-electron chi connectivity index (χ3n) is 2.87. The lowest BCUT2D eigenvalue weighted by Crippen LogP contribution is -2.48. The maximum atomic E-state index is 12.1. The molecule has 94 valence electrons. The minimum atomic E-state index is -4.32. The fraction of sp³-hybridized carbons (Fsp3) is 0.900. The van der Waals surface area contributed by atoms with Gasteiger partial charge in [0.15, 0.2) is 0 Å². The maximum Gasteiger partial charge on any atom is 0.406 e. The van der Waals surface area contributed by atoms with Gasteiger partial charge in [-0.05, 0) is 26.3 Å². The first-order chi connectivity index (χ1) is 7.31. The van der Waals surface area contributed by atoms with E-state index in [-0.39, 0.29) is 12.0 Å². The molecule has 6 heteroatoms. The highest BCUT2D eigenvalue weighted by molar-refractivity contribution is 5.79. The Balaban J connectivity index is 2.55. The molecule has 0 aromatic carbocycles. The van der Waals surface area contributed by atoms with E-state index in [0.717, 1.165) is 17.9 Å². The predicted molar refractivity (Wildman–Crippen MR) is 53.9 cm³/mol. The van der Waals surface area contributed by atoms with Crippen molar-refractivity contribution in [2.45, 2.75) is 32.0 Å². The van der Waals surface area contributed by atoms with Crippen LogP contribution in [0.25, 0.3) is 0 Å². The van der Waals surface area contributed by atoms with E-state index >= 15 is 0 Å². The molecule has 0 saturated carbocycles. The van der Waals surface area contributed by atoms with Crippen molar-refractivity contribution in [3.05, 3.63) is 0 Å². The summed E-state index contributed by atoms with van der Waals surface area (Å²) in [6.07, 6.45) is -2.83. The van der Waals surface area contributed by atoms with E-state index in [4.69, 9.17) is 0 Å². The summed E-state index contributed by atoms with van der Waals surface area (Å²) in [7, 11) is 1.21. The van der Waals surface area contributed by atoms with Gasteiger partial charge in [0, 0.05) is 13.1 Å². The Morgan fingerprint density at radius 1 is 1.50 bits per heavy atom. The highest BCUT2D eigenvalue weighted by Gasteiger charge is 2.35. The van der Waals surface area contributed by atoms with Gasteiger partial charge < -0.3 is 10.2 Å². The van der Waals surface area contributed by atoms with Crippen LogP contribution in [0.15, 0.2) is 0 Å². The van der Waals surface area contributed by atoms with Crippen LogP contribution in [0.4, 0.5) is 13.2 Å². The molecule has 16 heavy (non-hydrogen) atoms. The fourth-order valence-electron chi connectivity index (χ4n) is 2.01. The van der Waals surface area contributed by atoms with Gasteiger partial charge in [-0.3, -0.25) is 4.79 Å². The molecule has 1 saturated heterocycles. The Kier molecular flexibility index (Phi) is 4.18. The van der Waals surface area contributed by atoms with Crippen LogP contribution in [0.5, 0.6) is 0 Å². The number of rotatable bonds is 2. The van der Waals surface area contributed by atoms with E-state index in [9.17, 15) is 18.0 Å². The number of alkyl halides is 3. The first kappa shape index (κ1) is 13.3. The van der Waals surface area contributed by atoms with Gasteiger partial charge in [-0.2, -0.15) is 13.2 Å². The van der Waals surface area contributed by atoms with E-state index in [1.165, 1.54) is 7.05 Å². The number of halogens is 3. The van der Waals surface area contributed by atoms with E-state index in [1.54, 1.807) is 0 Å². The molecule has 1 aliphatic rings. The Bertz CT molecular complexity index is 255. The van der Waals surface area contributed by atoms with Gasteiger partial charge in [-0.15, -0.1) is 0 Å². The van der Waals surface area contributed by atoms with Gasteiger partial charge in [-0.25, -0.2) is 0 Å². The quantitative estimate of drug-likeness (QED) is 0.788. The van der Waals surface area contributed by atoms with Crippen LogP contribution in [-0.4, -0.2) is 43.2 Å². The Morgan fingerprint density at radius 2 is 2.12 bits per heavy atom. The van der Waals surface area contributed by atoms with Gasteiger partial charge >= 0.3 is 6.18 Å². The number of carbonyl (C=O) groups excluding carboxylic acids is 1. The topological polar surface area (TPSA) is 32.3 Å². The number of nitrogens with one attached hydrogen (secondary N) is 1. The number of hydrogen-bond donors (Lipinski definition) is 1. The molecule has 1 heterocycles. The largest absolute Gasteiger partial charge is 0.406 e. The third-order valence-corrected chi connectivity index (χ3v) is 2.87. The van der Waals surface area contributed by atoms with Crippen molar-refractivity contribution in [2.75, 3.05) is 20.1 Å². The molecule has 1 N–H and O–H groups in total. The van der Waals surface area contributed by atoms with Gasteiger partial charge in [0.1, 0.15) is 6.54 Å². The monoisotopic (exact) mass is 238 g/mol. The molecule has 0 radical (unpaired) electrons. The Hall–Kier alpha value is -0.780. The van der Waals surface area contributed by atoms with Crippen molar-refractivity contribution in [1.29, 1.82) is 0 Å². The third kappa shape index (κ3) is 3.66. The molecule has 2 atom stereocenters. The van der Waals surface area contributed by atoms with E-state index < -0.39 is 18.6 Å². The van der Waals surface area contributed by atoms with E-state index in [0.29, 0.717) is 6.42 Å². The molecule has 3 nitrogen and oxygen atoms in total. The van der Waals surface area contributed by atoms with Crippen molar-refractivity contribution < 1.29 is 18.0 Å². The second kappa shape index (κ2) is 5.03. The average molecular weight is 238 g/mol. The molecular formula is C10H17F3N2O. The van der Waals surface area contributed by atoms with Gasteiger partial charge in [0.25, 0.3) is 0 Å². The van der Waals surface area contributed by atoms with Gasteiger partial charge in [0.2, 0.25) is 5.91 Å². The van der Waals surface area contributed by atoms with E-state index in [2.05, 4.69) is 5.32 Å². The van der Waals surface area contributed by atoms with Crippen molar-refractivity contribution in [1.82, 2.24) is 10.2 Å². The number of carbonyl (C=O) groups is 1.